The van der Waals surface area contributed by atoms with Crippen LogP contribution in [0.4, 0.5) is 15.9 Å². The third-order valence-corrected chi connectivity index (χ3v) is 5.38. The molecule has 1 saturated heterocycles. The smallest absolute Gasteiger partial charge is 0.295 e. The van der Waals surface area contributed by atoms with E-state index in [9.17, 15) is 19.3 Å². The predicted octanol–water partition coefficient (Wildman–Crippen LogP) is 4.19. The molecule has 0 atom stereocenters. The summed E-state index contributed by atoms with van der Waals surface area (Å²) in [5, 5.41) is 14.3. The van der Waals surface area contributed by atoms with Crippen LogP contribution in [0.25, 0.3) is 11.3 Å². The van der Waals surface area contributed by atoms with Gasteiger partial charge in [-0.1, -0.05) is 42.5 Å². The maximum absolute atomic E-state index is 13.8. The first-order valence-electron chi connectivity index (χ1n) is 10.0. The molecule has 0 saturated carbocycles. The summed E-state index contributed by atoms with van der Waals surface area (Å²) in [4.78, 5) is 30.0. The van der Waals surface area contributed by atoms with Crippen LogP contribution in [-0.4, -0.2) is 34.9 Å². The van der Waals surface area contributed by atoms with Gasteiger partial charge in [-0.2, -0.15) is 0 Å². The van der Waals surface area contributed by atoms with Gasteiger partial charge in [0.25, 0.3) is 11.6 Å². The van der Waals surface area contributed by atoms with Crippen molar-refractivity contribution in [2.24, 2.45) is 0 Å². The molecule has 3 aromatic rings. The fraction of sp³-hybridized carbons (Fsp3) is 0.217. The van der Waals surface area contributed by atoms with Crippen molar-refractivity contribution < 1.29 is 14.1 Å². The van der Waals surface area contributed by atoms with Gasteiger partial charge in [-0.25, -0.2) is 9.37 Å². The van der Waals surface area contributed by atoms with Gasteiger partial charge in [0.1, 0.15) is 11.6 Å². The number of nitro groups is 1. The van der Waals surface area contributed by atoms with Crippen LogP contribution in [-0.2, 0) is 0 Å². The number of anilines is 1. The highest BCUT2D eigenvalue weighted by Crippen LogP contribution is 2.31. The molecule has 1 aliphatic rings. The van der Waals surface area contributed by atoms with Gasteiger partial charge in [0, 0.05) is 30.8 Å². The van der Waals surface area contributed by atoms with E-state index in [-0.39, 0.29) is 17.3 Å². The Kier molecular flexibility index (Phi) is 5.88. The van der Waals surface area contributed by atoms with E-state index < -0.39 is 16.6 Å². The molecule has 0 unspecified atom stereocenters. The van der Waals surface area contributed by atoms with Crippen molar-refractivity contribution in [2.75, 3.05) is 18.0 Å². The highest BCUT2D eigenvalue weighted by Gasteiger charge is 2.25. The summed E-state index contributed by atoms with van der Waals surface area (Å²) >= 11 is 0. The van der Waals surface area contributed by atoms with Gasteiger partial charge in [0.05, 0.1) is 10.5 Å². The number of nitrogens with zero attached hydrogens (tertiary/aromatic N) is 3. The van der Waals surface area contributed by atoms with Crippen molar-refractivity contribution in [3.05, 3.63) is 88.2 Å². The SMILES string of the molecule is O=C(NC1CCN(c2ccc([N+](=O)[O-])c(-c3ccccc3)n2)CC1)c1ccccc1F. The average Bonchev–Trinajstić information content (AvgIpc) is 2.80. The summed E-state index contributed by atoms with van der Waals surface area (Å²) in [6.07, 6.45) is 1.33. The van der Waals surface area contributed by atoms with Gasteiger partial charge >= 0.3 is 0 Å². The Morgan fingerprint density at radius 2 is 1.71 bits per heavy atom. The molecule has 2 aromatic carbocycles. The van der Waals surface area contributed by atoms with E-state index in [0.29, 0.717) is 43.0 Å². The zero-order valence-corrected chi connectivity index (χ0v) is 16.7. The molecule has 8 heteroatoms. The third-order valence-electron chi connectivity index (χ3n) is 5.38. The Morgan fingerprint density at radius 3 is 2.39 bits per heavy atom. The van der Waals surface area contributed by atoms with E-state index in [1.165, 1.54) is 18.2 Å². The standard InChI is InChI=1S/C23H21FN4O3/c24-19-9-5-4-8-18(19)23(29)25-17-12-14-27(15-13-17)21-11-10-20(28(30)31)22(26-21)16-6-2-1-3-7-16/h1-11,17H,12-15H2,(H,25,29). The number of halogens is 1. The monoisotopic (exact) mass is 420 g/mol. The van der Waals surface area contributed by atoms with Crippen molar-refractivity contribution in [3.8, 4) is 11.3 Å². The minimum atomic E-state index is -0.541. The number of piperidine rings is 1. The summed E-state index contributed by atoms with van der Waals surface area (Å²) in [7, 11) is 0. The molecule has 158 valence electrons. The Morgan fingerprint density at radius 1 is 1.03 bits per heavy atom. The minimum absolute atomic E-state index is 0.0365. The largest absolute Gasteiger partial charge is 0.356 e. The van der Waals surface area contributed by atoms with E-state index in [4.69, 9.17) is 0 Å². The third kappa shape index (κ3) is 4.53. The van der Waals surface area contributed by atoms with Crippen LogP contribution in [0.5, 0.6) is 0 Å². The van der Waals surface area contributed by atoms with E-state index >= 15 is 0 Å². The molecule has 0 spiro atoms. The van der Waals surface area contributed by atoms with Gasteiger partial charge in [-0.15, -0.1) is 0 Å². The molecule has 1 fully saturated rings. The van der Waals surface area contributed by atoms with Crippen LogP contribution in [0.15, 0.2) is 66.7 Å². The molecule has 1 aromatic heterocycles. The summed E-state index contributed by atoms with van der Waals surface area (Å²) in [6, 6.07) is 18.0. The minimum Gasteiger partial charge on any atom is -0.356 e. The Balaban J connectivity index is 1.46. The number of carbonyl (C=O) groups is 1. The van der Waals surface area contributed by atoms with Gasteiger partial charge in [-0.3, -0.25) is 14.9 Å². The molecule has 7 nitrogen and oxygen atoms in total. The Bertz CT molecular complexity index is 1100. The van der Waals surface area contributed by atoms with Gasteiger partial charge in [0.15, 0.2) is 5.69 Å². The molecule has 0 radical (unpaired) electrons. The molecule has 0 aliphatic carbocycles. The zero-order valence-electron chi connectivity index (χ0n) is 16.7. The summed E-state index contributed by atoms with van der Waals surface area (Å²) in [5.74, 6) is -0.305. The molecule has 0 bridgehead atoms. The maximum Gasteiger partial charge on any atom is 0.295 e. The molecule has 2 heterocycles. The fourth-order valence-corrected chi connectivity index (χ4v) is 3.73. The number of aromatic nitrogens is 1. The van der Waals surface area contributed by atoms with E-state index in [2.05, 4.69) is 10.3 Å². The lowest BCUT2D eigenvalue weighted by Crippen LogP contribution is -2.45. The second-order valence-electron chi connectivity index (χ2n) is 7.37. The van der Waals surface area contributed by atoms with Crippen LogP contribution in [0, 0.1) is 15.9 Å². The summed E-state index contributed by atoms with van der Waals surface area (Å²) < 4.78 is 13.8. The number of hydrogen-bond acceptors (Lipinski definition) is 5. The van der Waals surface area contributed by atoms with Crippen molar-refractivity contribution >= 4 is 17.4 Å². The first-order chi connectivity index (χ1) is 15.0. The number of pyridine rings is 1. The number of amides is 1. The molecular formula is C23H21FN4O3. The maximum atomic E-state index is 13.8. The lowest BCUT2D eigenvalue weighted by Gasteiger charge is -2.33. The first-order valence-corrected chi connectivity index (χ1v) is 10.0. The number of rotatable bonds is 5. The molecule has 1 amide bonds. The molecule has 1 N–H and O–H groups in total. The lowest BCUT2D eigenvalue weighted by molar-refractivity contribution is -0.384. The Labute approximate surface area is 178 Å². The van der Waals surface area contributed by atoms with Crippen LogP contribution >= 0.6 is 0 Å². The van der Waals surface area contributed by atoms with Crippen LogP contribution < -0.4 is 10.2 Å². The fourth-order valence-electron chi connectivity index (χ4n) is 3.73. The second-order valence-corrected chi connectivity index (χ2v) is 7.37. The van der Waals surface area contributed by atoms with Crippen molar-refractivity contribution in [3.63, 3.8) is 0 Å². The van der Waals surface area contributed by atoms with Crippen LogP contribution in [0.3, 0.4) is 0 Å². The average molecular weight is 420 g/mol. The quantitative estimate of drug-likeness (QED) is 0.494. The number of carbonyl (C=O) groups excluding carboxylic acids is 1. The number of benzene rings is 2. The topological polar surface area (TPSA) is 88.4 Å². The summed E-state index contributed by atoms with van der Waals surface area (Å²) in [5.41, 5.74) is 1.01. The van der Waals surface area contributed by atoms with Gasteiger partial charge in [-0.05, 0) is 31.0 Å². The number of nitrogens with one attached hydrogen (secondary N) is 1. The Hall–Kier alpha value is -3.81. The molecule has 4 rings (SSSR count). The van der Waals surface area contributed by atoms with Crippen molar-refractivity contribution in [2.45, 2.75) is 18.9 Å². The zero-order chi connectivity index (χ0) is 21.8. The number of hydrogen-bond donors (Lipinski definition) is 1. The van der Waals surface area contributed by atoms with Gasteiger partial charge < -0.3 is 10.2 Å². The summed E-state index contributed by atoms with van der Waals surface area (Å²) in [6.45, 7) is 1.25. The van der Waals surface area contributed by atoms with Crippen LogP contribution in [0.1, 0.15) is 23.2 Å². The van der Waals surface area contributed by atoms with E-state index in [0.717, 1.165) is 0 Å². The first kappa shape index (κ1) is 20.5. The van der Waals surface area contributed by atoms with Crippen LogP contribution in [0.2, 0.25) is 0 Å². The second kappa shape index (κ2) is 8.91. The normalized spacial score (nSPS) is 14.3. The molecule has 1 aliphatic heterocycles. The molecule has 31 heavy (non-hydrogen) atoms. The predicted molar refractivity (Wildman–Crippen MR) is 115 cm³/mol. The van der Waals surface area contributed by atoms with E-state index in [1.54, 1.807) is 30.3 Å². The van der Waals surface area contributed by atoms with Crippen molar-refractivity contribution in [1.29, 1.82) is 0 Å². The van der Waals surface area contributed by atoms with E-state index in [1.807, 2.05) is 23.1 Å². The molecular weight excluding hydrogens is 399 g/mol. The van der Waals surface area contributed by atoms with Crippen molar-refractivity contribution in [1.82, 2.24) is 10.3 Å². The highest BCUT2D eigenvalue weighted by molar-refractivity contribution is 5.94. The van der Waals surface area contributed by atoms with Gasteiger partial charge in [0.2, 0.25) is 0 Å². The highest BCUT2D eigenvalue weighted by atomic mass is 19.1. The lowest BCUT2D eigenvalue weighted by atomic mass is 10.0.